The number of rotatable bonds is 9. The highest BCUT2D eigenvalue weighted by Gasteiger charge is 2.21. The maximum atomic E-state index is 13.3. The van der Waals surface area contributed by atoms with Crippen LogP contribution >= 0.6 is 46.6 Å². The summed E-state index contributed by atoms with van der Waals surface area (Å²) < 4.78 is 20.9. The SMILES string of the molecule is C=CCn1c(SCC(=O)Nc2cc(Cl)ccc2Cl)nnc1C(C)Oc1ccc(F)cc1Cl. The number of amides is 1. The number of anilines is 1. The molecular formula is C21H18Cl3FN4O2S. The van der Waals surface area contributed by atoms with Gasteiger partial charge in [-0.3, -0.25) is 9.36 Å². The van der Waals surface area contributed by atoms with Crippen molar-refractivity contribution < 1.29 is 13.9 Å². The van der Waals surface area contributed by atoms with Crippen molar-refractivity contribution in [2.75, 3.05) is 11.1 Å². The summed E-state index contributed by atoms with van der Waals surface area (Å²) >= 11 is 19.3. The Morgan fingerprint density at radius 3 is 2.75 bits per heavy atom. The lowest BCUT2D eigenvalue weighted by molar-refractivity contribution is -0.113. The molecule has 168 valence electrons. The van der Waals surface area contributed by atoms with Crippen LogP contribution < -0.4 is 10.1 Å². The van der Waals surface area contributed by atoms with Gasteiger partial charge in [-0.15, -0.1) is 16.8 Å². The quantitative estimate of drug-likeness (QED) is 0.262. The van der Waals surface area contributed by atoms with E-state index in [9.17, 15) is 9.18 Å². The number of nitrogens with one attached hydrogen (secondary N) is 1. The van der Waals surface area contributed by atoms with Crippen molar-refractivity contribution >= 4 is 58.2 Å². The number of hydrogen-bond acceptors (Lipinski definition) is 5. The summed E-state index contributed by atoms with van der Waals surface area (Å²) in [5.74, 6) is 0.154. The van der Waals surface area contributed by atoms with E-state index in [0.717, 1.165) is 0 Å². The molecule has 1 N–H and O–H groups in total. The first-order chi connectivity index (χ1) is 15.3. The largest absolute Gasteiger partial charge is 0.481 e. The fraction of sp³-hybridized carbons (Fsp3) is 0.190. The van der Waals surface area contributed by atoms with E-state index in [4.69, 9.17) is 39.5 Å². The van der Waals surface area contributed by atoms with Crippen molar-refractivity contribution in [3.8, 4) is 5.75 Å². The number of ether oxygens (including phenoxy) is 1. The molecule has 1 amide bonds. The van der Waals surface area contributed by atoms with Gasteiger partial charge in [0.05, 0.1) is 21.5 Å². The lowest BCUT2D eigenvalue weighted by atomic mass is 10.3. The van der Waals surface area contributed by atoms with Crippen LogP contribution in [0.25, 0.3) is 0 Å². The number of aromatic nitrogens is 3. The van der Waals surface area contributed by atoms with Gasteiger partial charge < -0.3 is 10.1 Å². The van der Waals surface area contributed by atoms with Gasteiger partial charge in [0.2, 0.25) is 5.91 Å². The van der Waals surface area contributed by atoms with Crippen molar-refractivity contribution in [2.45, 2.75) is 24.7 Å². The predicted molar refractivity (Wildman–Crippen MR) is 126 cm³/mol. The molecule has 0 saturated heterocycles. The van der Waals surface area contributed by atoms with Gasteiger partial charge in [-0.05, 0) is 43.3 Å². The van der Waals surface area contributed by atoms with Gasteiger partial charge in [-0.2, -0.15) is 0 Å². The van der Waals surface area contributed by atoms with E-state index in [-0.39, 0.29) is 16.7 Å². The number of benzene rings is 2. The third kappa shape index (κ3) is 6.16. The van der Waals surface area contributed by atoms with E-state index in [1.807, 2.05) is 0 Å². The Labute approximate surface area is 203 Å². The Hall–Kier alpha value is -2.26. The second kappa shape index (κ2) is 11.0. The van der Waals surface area contributed by atoms with Crippen LogP contribution in [0.2, 0.25) is 15.1 Å². The van der Waals surface area contributed by atoms with E-state index in [1.165, 1.54) is 30.0 Å². The number of carbonyl (C=O) groups excluding carboxylic acids is 1. The molecule has 0 aliphatic heterocycles. The Morgan fingerprint density at radius 1 is 1.25 bits per heavy atom. The maximum absolute atomic E-state index is 13.3. The number of thioether (sulfide) groups is 1. The molecular weight excluding hydrogens is 498 g/mol. The van der Waals surface area contributed by atoms with E-state index < -0.39 is 11.9 Å². The Balaban J connectivity index is 1.70. The monoisotopic (exact) mass is 514 g/mol. The zero-order valence-electron chi connectivity index (χ0n) is 16.8. The van der Waals surface area contributed by atoms with Crippen LogP contribution in [0.15, 0.2) is 54.2 Å². The minimum atomic E-state index is -0.543. The van der Waals surface area contributed by atoms with Crippen molar-refractivity contribution in [1.29, 1.82) is 0 Å². The molecule has 32 heavy (non-hydrogen) atoms. The molecule has 0 fully saturated rings. The molecule has 3 aromatic rings. The average Bonchev–Trinajstić information content (AvgIpc) is 3.14. The second-order valence-electron chi connectivity index (χ2n) is 6.54. The topological polar surface area (TPSA) is 69.0 Å². The molecule has 6 nitrogen and oxygen atoms in total. The maximum Gasteiger partial charge on any atom is 0.234 e. The first-order valence-corrected chi connectivity index (χ1v) is 11.4. The number of allylic oxidation sites excluding steroid dienone is 1. The summed E-state index contributed by atoms with van der Waals surface area (Å²) in [7, 11) is 0. The summed E-state index contributed by atoms with van der Waals surface area (Å²) in [6.45, 7) is 5.93. The van der Waals surface area contributed by atoms with Gasteiger partial charge in [0.25, 0.3) is 0 Å². The molecule has 1 unspecified atom stereocenters. The Bertz CT molecular complexity index is 1140. The fourth-order valence-electron chi connectivity index (χ4n) is 2.73. The summed E-state index contributed by atoms with van der Waals surface area (Å²) in [4.78, 5) is 12.4. The highest BCUT2D eigenvalue weighted by Crippen LogP contribution is 2.30. The zero-order chi connectivity index (χ0) is 23.3. The molecule has 0 bridgehead atoms. The zero-order valence-corrected chi connectivity index (χ0v) is 19.9. The lowest BCUT2D eigenvalue weighted by Gasteiger charge is -2.16. The van der Waals surface area contributed by atoms with Crippen molar-refractivity contribution in [3.63, 3.8) is 0 Å². The van der Waals surface area contributed by atoms with Crippen LogP contribution in [-0.4, -0.2) is 26.4 Å². The predicted octanol–water partition coefficient (Wildman–Crippen LogP) is 6.43. The summed E-state index contributed by atoms with van der Waals surface area (Å²) in [5.41, 5.74) is 0.427. The van der Waals surface area contributed by atoms with Crippen LogP contribution in [0.5, 0.6) is 5.75 Å². The highest BCUT2D eigenvalue weighted by molar-refractivity contribution is 7.99. The molecule has 0 radical (unpaired) electrons. The van der Waals surface area contributed by atoms with Gasteiger partial charge in [-0.25, -0.2) is 4.39 Å². The third-order valence-corrected chi connectivity index (χ3v) is 5.98. The molecule has 1 aromatic heterocycles. The third-order valence-electron chi connectivity index (χ3n) is 4.15. The van der Waals surface area contributed by atoms with Crippen molar-refractivity contribution in [1.82, 2.24) is 14.8 Å². The summed E-state index contributed by atoms with van der Waals surface area (Å²) in [5, 5.41) is 12.6. The number of carbonyl (C=O) groups is 1. The Kier molecular flexibility index (Phi) is 8.42. The normalized spacial score (nSPS) is 11.8. The van der Waals surface area contributed by atoms with Gasteiger partial charge in [0.1, 0.15) is 11.6 Å². The molecule has 0 spiro atoms. The van der Waals surface area contributed by atoms with Crippen molar-refractivity contribution in [3.05, 3.63) is 75.8 Å². The van der Waals surface area contributed by atoms with Crippen LogP contribution in [-0.2, 0) is 11.3 Å². The molecule has 0 saturated carbocycles. The minimum absolute atomic E-state index is 0.0666. The van der Waals surface area contributed by atoms with Gasteiger partial charge >= 0.3 is 0 Å². The second-order valence-corrected chi connectivity index (χ2v) is 8.73. The minimum Gasteiger partial charge on any atom is -0.481 e. The van der Waals surface area contributed by atoms with Gasteiger partial charge in [0, 0.05) is 11.6 Å². The number of halogens is 4. The Morgan fingerprint density at radius 2 is 2.03 bits per heavy atom. The standard InChI is InChI=1S/C21H18Cl3FN4O2S/c1-3-8-29-20(12(2)31-18-7-5-14(25)10-16(18)24)27-28-21(29)32-11-19(30)26-17-9-13(22)4-6-15(17)23/h3-7,9-10,12H,1,8,11H2,2H3,(H,26,30). The van der Waals surface area contributed by atoms with Crippen molar-refractivity contribution in [2.24, 2.45) is 0 Å². The van der Waals surface area contributed by atoms with E-state index in [1.54, 1.807) is 35.8 Å². The molecule has 0 aliphatic carbocycles. The van der Waals surface area contributed by atoms with Crippen LogP contribution in [0.4, 0.5) is 10.1 Å². The summed E-state index contributed by atoms with van der Waals surface area (Å²) in [6, 6.07) is 8.69. The molecule has 2 aromatic carbocycles. The molecule has 3 rings (SSSR count). The molecule has 11 heteroatoms. The van der Waals surface area contributed by atoms with E-state index in [2.05, 4.69) is 22.1 Å². The van der Waals surface area contributed by atoms with Crippen LogP contribution in [0.3, 0.4) is 0 Å². The highest BCUT2D eigenvalue weighted by atomic mass is 35.5. The first-order valence-electron chi connectivity index (χ1n) is 9.32. The summed E-state index contributed by atoms with van der Waals surface area (Å²) in [6.07, 6.45) is 1.14. The number of hydrogen-bond donors (Lipinski definition) is 1. The van der Waals surface area contributed by atoms with Gasteiger partial charge in [-0.1, -0.05) is 52.6 Å². The molecule has 0 aliphatic rings. The van der Waals surface area contributed by atoms with Crippen LogP contribution in [0.1, 0.15) is 18.9 Å². The van der Waals surface area contributed by atoms with E-state index in [0.29, 0.717) is 39.0 Å². The molecule has 1 heterocycles. The number of nitrogens with zero attached hydrogens (tertiary/aromatic N) is 3. The molecule has 1 atom stereocenters. The van der Waals surface area contributed by atoms with Gasteiger partial charge in [0.15, 0.2) is 17.1 Å². The fourth-order valence-corrected chi connectivity index (χ4v) is 4.04. The van der Waals surface area contributed by atoms with Crippen LogP contribution in [0, 0.1) is 5.82 Å². The van der Waals surface area contributed by atoms with E-state index >= 15 is 0 Å². The first kappa shape index (κ1) is 24.4. The smallest absolute Gasteiger partial charge is 0.234 e. The lowest BCUT2D eigenvalue weighted by Crippen LogP contribution is -2.16. The average molecular weight is 516 g/mol.